The number of piperidine rings is 1. The Labute approximate surface area is 156 Å². The summed E-state index contributed by atoms with van der Waals surface area (Å²) in [5.74, 6) is -5.43. The largest absolute Gasteiger partial charge is 0.459 e. The summed E-state index contributed by atoms with van der Waals surface area (Å²) < 4.78 is 64.7. The van der Waals surface area contributed by atoms with E-state index in [2.05, 4.69) is 15.6 Å². The molecule has 0 aliphatic carbocycles. The fraction of sp³-hybridized carbons (Fsp3) is 0.600. The maximum absolute atomic E-state index is 13.5. The van der Waals surface area contributed by atoms with Crippen molar-refractivity contribution >= 4 is 17.3 Å². The fourth-order valence-electron chi connectivity index (χ4n) is 2.76. The average Bonchev–Trinajstić information content (AvgIpc) is 2.62. The van der Waals surface area contributed by atoms with E-state index in [9.17, 15) is 36.9 Å². The molecule has 0 bridgehead atoms. The summed E-state index contributed by atoms with van der Waals surface area (Å²) in [6.45, 7) is 1.08. The van der Waals surface area contributed by atoms with Crippen molar-refractivity contribution in [3.8, 4) is 0 Å². The van der Waals surface area contributed by atoms with Crippen LogP contribution in [0.2, 0.25) is 0 Å². The first-order chi connectivity index (χ1) is 13.0. The van der Waals surface area contributed by atoms with Crippen molar-refractivity contribution in [2.24, 2.45) is 0 Å². The van der Waals surface area contributed by atoms with Crippen molar-refractivity contribution in [3.63, 3.8) is 0 Å². The van der Waals surface area contributed by atoms with Gasteiger partial charge in [0.1, 0.15) is 17.6 Å². The molecule has 156 valence electrons. The summed E-state index contributed by atoms with van der Waals surface area (Å²) in [6, 6.07) is -0.0305. The molecule has 2 rings (SSSR count). The number of hydrogen-bond acceptors (Lipinski definition) is 6. The molecule has 13 heteroatoms. The number of likely N-dealkylation sites (N-methyl/N-ethyl adjacent to an activating group) is 1. The van der Waals surface area contributed by atoms with E-state index in [0.29, 0.717) is 38.2 Å². The standard InChI is InChI=1S/C15H18F5N5O3/c1-21-13(26)8-24-4-2-9(3-5-24)23-10-6-12(14(16,17)15(18,19)20)22-7-11(10)25(27)28/h6-7,9H,2-5,8H2,1H3,(H,21,26)(H,22,23). The molecule has 2 heterocycles. The summed E-state index contributed by atoms with van der Waals surface area (Å²) in [5.41, 5.74) is -2.77. The zero-order chi connectivity index (χ0) is 21.1. The number of carbonyl (C=O) groups excluding carboxylic acids is 1. The van der Waals surface area contributed by atoms with Crippen molar-refractivity contribution in [2.75, 3.05) is 32.0 Å². The van der Waals surface area contributed by atoms with Gasteiger partial charge in [0, 0.05) is 26.2 Å². The minimum atomic E-state index is -5.88. The highest BCUT2D eigenvalue weighted by molar-refractivity contribution is 5.77. The molecule has 1 aromatic heterocycles. The van der Waals surface area contributed by atoms with Gasteiger partial charge in [0.25, 0.3) is 0 Å². The molecule has 1 amide bonds. The first-order valence-electron chi connectivity index (χ1n) is 8.24. The number of aromatic nitrogens is 1. The molecule has 0 unspecified atom stereocenters. The lowest BCUT2D eigenvalue weighted by Gasteiger charge is -2.32. The lowest BCUT2D eigenvalue weighted by molar-refractivity contribution is -0.384. The van der Waals surface area contributed by atoms with Gasteiger partial charge in [0.15, 0.2) is 0 Å². The van der Waals surface area contributed by atoms with Crippen LogP contribution < -0.4 is 10.6 Å². The van der Waals surface area contributed by atoms with E-state index in [0.717, 1.165) is 0 Å². The molecule has 1 aliphatic rings. The molecule has 8 nitrogen and oxygen atoms in total. The van der Waals surface area contributed by atoms with Crippen LogP contribution in [0.5, 0.6) is 0 Å². The van der Waals surface area contributed by atoms with E-state index in [1.165, 1.54) is 7.05 Å². The molecule has 1 aliphatic heterocycles. The number of hydrogen-bond donors (Lipinski definition) is 2. The molecule has 0 radical (unpaired) electrons. The molecule has 2 N–H and O–H groups in total. The van der Waals surface area contributed by atoms with Gasteiger partial charge in [-0.3, -0.25) is 19.8 Å². The van der Waals surface area contributed by atoms with Crippen molar-refractivity contribution in [1.29, 1.82) is 0 Å². The lowest BCUT2D eigenvalue weighted by atomic mass is 10.0. The highest BCUT2D eigenvalue weighted by Gasteiger charge is 2.60. The highest BCUT2D eigenvalue weighted by atomic mass is 19.4. The van der Waals surface area contributed by atoms with Gasteiger partial charge in [-0.05, 0) is 18.9 Å². The van der Waals surface area contributed by atoms with Gasteiger partial charge < -0.3 is 10.6 Å². The molecule has 1 aromatic rings. The van der Waals surface area contributed by atoms with E-state index in [4.69, 9.17) is 0 Å². The Bertz CT molecular complexity index is 735. The van der Waals surface area contributed by atoms with Crippen LogP contribution in [0.1, 0.15) is 18.5 Å². The van der Waals surface area contributed by atoms with Crippen LogP contribution in [-0.2, 0) is 10.7 Å². The van der Waals surface area contributed by atoms with Crippen LogP contribution in [0.4, 0.5) is 33.3 Å². The zero-order valence-electron chi connectivity index (χ0n) is 14.7. The number of likely N-dealkylation sites (tertiary alicyclic amines) is 1. The normalized spacial score (nSPS) is 16.6. The van der Waals surface area contributed by atoms with E-state index in [1.807, 2.05) is 4.90 Å². The van der Waals surface area contributed by atoms with Crippen molar-refractivity contribution in [1.82, 2.24) is 15.2 Å². The summed E-state index contributed by atoms with van der Waals surface area (Å²) in [5, 5.41) is 16.2. The second-order valence-electron chi connectivity index (χ2n) is 6.28. The van der Waals surface area contributed by atoms with Gasteiger partial charge in [0.2, 0.25) is 5.91 Å². The van der Waals surface area contributed by atoms with Crippen molar-refractivity contribution in [3.05, 3.63) is 28.1 Å². The highest BCUT2D eigenvalue weighted by Crippen LogP contribution is 2.44. The number of pyridine rings is 1. The van der Waals surface area contributed by atoms with Gasteiger partial charge >= 0.3 is 17.8 Å². The first kappa shape index (κ1) is 21.7. The van der Waals surface area contributed by atoms with Gasteiger partial charge in [-0.1, -0.05) is 0 Å². The van der Waals surface area contributed by atoms with Crippen LogP contribution in [0, 0.1) is 10.1 Å². The second kappa shape index (κ2) is 8.20. The van der Waals surface area contributed by atoms with E-state index < -0.39 is 40.1 Å². The van der Waals surface area contributed by atoms with Gasteiger partial charge in [0.05, 0.1) is 11.5 Å². The summed E-state index contributed by atoms with van der Waals surface area (Å²) in [6.07, 6.45) is -4.65. The number of anilines is 1. The Balaban J connectivity index is 2.17. The van der Waals surface area contributed by atoms with Crippen LogP contribution in [-0.4, -0.2) is 59.6 Å². The molecule has 0 aromatic carbocycles. The fourth-order valence-corrected chi connectivity index (χ4v) is 2.76. The lowest BCUT2D eigenvalue weighted by Crippen LogP contribution is -2.43. The summed E-state index contributed by atoms with van der Waals surface area (Å²) >= 11 is 0. The number of nitrogens with one attached hydrogen (secondary N) is 2. The van der Waals surface area contributed by atoms with Crippen LogP contribution in [0.15, 0.2) is 12.3 Å². The predicted octanol–water partition coefficient (Wildman–Crippen LogP) is 2.27. The number of amides is 1. The molecule has 0 atom stereocenters. The van der Waals surface area contributed by atoms with E-state index in [-0.39, 0.29) is 12.5 Å². The Hall–Kier alpha value is -2.57. The van der Waals surface area contributed by atoms with E-state index >= 15 is 0 Å². The van der Waals surface area contributed by atoms with E-state index in [1.54, 1.807) is 0 Å². The molecular weight excluding hydrogens is 393 g/mol. The SMILES string of the molecule is CNC(=O)CN1CCC(Nc2cc(C(F)(F)C(F)(F)F)ncc2[N+](=O)[O-])CC1. The van der Waals surface area contributed by atoms with Gasteiger partial charge in [-0.15, -0.1) is 0 Å². The minimum absolute atomic E-state index is 0.167. The monoisotopic (exact) mass is 411 g/mol. The van der Waals surface area contributed by atoms with Crippen molar-refractivity contribution < 1.29 is 31.7 Å². The molecule has 1 fully saturated rings. The summed E-state index contributed by atoms with van der Waals surface area (Å²) in [7, 11) is 1.49. The molecule has 0 spiro atoms. The Morgan fingerprint density at radius 3 is 2.43 bits per heavy atom. The summed E-state index contributed by atoms with van der Waals surface area (Å²) in [4.78, 5) is 26.3. The second-order valence-corrected chi connectivity index (χ2v) is 6.28. The predicted molar refractivity (Wildman–Crippen MR) is 88.0 cm³/mol. The topological polar surface area (TPSA) is 100 Å². The Morgan fingerprint density at radius 2 is 1.93 bits per heavy atom. The molecular formula is C15H18F5N5O3. The maximum Gasteiger partial charge on any atom is 0.459 e. The maximum atomic E-state index is 13.5. The number of nitro groups is 1. The number of halogens is 5. The molecule has 0 saturated carbocycles. The number of alkyl halides is 5. The van der Waals surface area contributed by atoms with Gasteiger partial charge in [-0.25, -0.2) is 4.98 Å². The van der Waals surface area contributed by atoms with Crippen LogP contribution in [0.3, 0.4) is 0 Å². The first-order valence-corrected chi connectivity index (χ1v) is 8.24. The smallest absolute Gasteiger partial charge is 0.377 e. The third kappa shape index (κ3) is 4.82. The zero-order valence-corrected chi connectivity index (χ0v) is 14.7. The molecule has 28 heavy (non-hydrogen) atoms. The number of nitrogens with zero attached hydrogens (tertiary/aromatic N) is 3. The Morgan fingerprint density at radius 1 is 1.32 bits per heavy atom. The Kier molecular flexibility index (Phi) is 6.37. The average molecular weight is 411 g/mol. The number of carbonyl (C=O) groups is 1. The van der Waals surface area contributed by atoms with Crippen LogP contribution >= 0.6 is 0 Å². The third-order valence-corrected chi connectivity index (χ3v) is 4.35. The quantitative estimate of drug-likeness (QED) is 0.423. The minimum Gasteiger partial charge on any atom is -0.377 e. The number of rotatable bonds is 6. The van der Waals surface area contributed by atoms with Gasteiger partial charge in [-0.2, -0.15) is 22.0 Å². The van der Waals surface area contributed by atoms with Crippen LogP contribution in [0.25, 0.3) is 0 Å². The van der Waals surface area contributed by atoms with Crippen molar-refractivity contribution in [2.45, 2.75) is 31.0 Å². The molecule has 1 saturated heterocycles. The third-order valence-electron chi connectivity index (χ3n) is 4.35.